The van der Waals surface area contributed by atoms with Crippen LogP contribution in [0, 0.1) is 0 Å². The molecule has 1 aromatic carbocycles. The molecule has 0 aliphatic carbocycles. The Balaban J connectivity index is 3.28. The molecule has 0 spiro atoms. The molecule has 0 radical (unpaired) electrons. The van der Waals surface area contributed by atoms with Crippen LogP contribution >= 0.6 is 23.2 Å². The fourth-order valence-electron chi connectivity index (χ4n) is 2.23. The van der Waals surface area contributed by atoms with Gasteiger partial charge in [-0.2, -0.15) is 0 Å². The fraction of sp³-hybridized carbons (Fsp3) is 0.500. The second-order valence-electron chi connectivity index (χ2n) is 4.47. The van der Waals surface area contributed by atoms with E-state index in [1.807, 2.05) is 13.8 Å². The predicted octanol–water partition coefficient (Wildman–Crippen LogP) is 4.92. The molecule has 0 aliphatic rings. The van der Waals surface area contributed by atoms with E-state index in [0.717, 1.165) is 12.8 Å². The molecule has 100 valence electrons. The summed E-state index contributed by atoms with van der Waals surface area (Å²) >= 11 is 12.0. The highest BCUT2D eigenvalue weighted by atomic mass is 35.5. The summed E-state index contributed by atoms with van der Waals surface area (Å²) in [5.41, 5.74) is -0.241. The van der Waals surface area contributed by atoms with E-state index in [-0.39, 0.29) is 0 Å². The lowest BCUT2D eigenvalue weighted by atomic mass is 9.74. The van der Waals surface area contributed by atoms with Crippen molar-refractivity contribution < 1.29 is 9.90 Å². The largest absolute Gasteiger partial charge is 0.481 e. The van der Waals surface area contributed by atoms with E-state index in [4.69, 9.17) is 23.2 Å². The highest BCUT2D eigenvalue weighted by Gasteiger charge is 2.39. The van der Waals surface area contributed by atoms with Gasteiger partial charge in [-0.15, -0.1) is 0 Å². The van der Waals surface area contributed by atoms with Gasteiger partial charge in [0.05, 0.1) is 5.41 Å². The quantitative estimate of drug-likeness (QED) is 0.807. The molecule has 0 fully saturated rings. The van der Waals surface area contributed by atoms with Crippen molar-refractivity contribution in [2.75, 3.05) is 0 Å². The normalized spacial score (nSPS) is 14.2. The Morgan fingerprint density at radius 3 is 2.44 bits per heavy atom. The van der Waals surface area contributed by atoms with Gasteiger partial charge in [0.15, 0.2) is 0 Å². The molecule has 1 atom stereocenters. The first-order valence-corrected chi connectivity index (χ1v) is 6.92. The number of carboxylic acids is 1. The number of benzene rings is 1. The molecule has 2 nitrogen and oxygen atoms in total. The molecule has 1 N–H and O–H groups in total. The first-order valence-electron chi connectivity index (χ1n) is 6.17. The zero-order valence-electron chi connectivity index (χ0n) is 10.7. The first-order chi connectivity index (χ1) is 8.47. The number of unbranched alkanes of at least 4 members (excludes halogenated alkanes) is 1. The lowest BCUT2D eigenvalue weighted by Gasteiger charge is -2.29. The smallest absolute Gasteiger partial charge is 0.314 e. The lowest BCUT2D eigenvalue weighted by Crippen LogP contribution is -2.35. The Hall–Kier alpha value is -0.730. The molecule has 0 aliphatic heterocycles. The Kier molecular flexibility index (Phi) is 5.48. The van der Waals surface area contributed by atoms with Crippen LogP contribution in [0.1, 0.15) is 45.1 Å². The first kappa shape index (κ1) is 15.3. The van der Waals surface area contributed by atoms with Gasteiger partial charge >= 0.3 is 5.97 Å². The van der Waals surface area contributed by atoms with Crippen LogP contribution < -0.4 is 0 Å². The third-order valence-corrected chi connectivity index (χ3v) is 3.96. The maximum absolute atomic E-state index is 11.7. The van der Waals surface area contributed by atoms with Gasteiger partial charge < -0.3 is 5.11 Å². The summed E-state index contributed by atoms with van der Waals surface area (Å²) in [6.45, 7) is 3.93. The molecule has 0 heterocycles. The van der Waals surface area contributed by atoms with Gasteiger partial charge in [0.25, 0.3) is 0 Å². The van der Waals surface area contributed by atoms with E-state index < -0.39 is 11.4 Å². The molecule has 0 amide bonds. The van der Waals surface area contributed by atoms with Crippen molar-refractivity contribution in [3.05, 3.63) is 33.8 Å². The van der Waals surface area contributed by atoms with Gasteiger partial charge in [0.2, 0.25) is 0 Å². The SMILES string of the molecule is CCCCC(CC)(C(=O)O)c1ccc(Cl)cc1Cl. The topological polar surface area (TPSA) is 37.3 Å². The van der Waals surface area contributed by atoms with Gasteiger partial charge in [0, 0.05) is 10.0 Å². The molecular formula is C14H18Cl2O2. The summed E-state index contributed by atoms with van der Waals surface area (Å²) in [6.07, 6.45) is 2.93. The van der Waals surface area contributed by atoms with Crippen LogP contribution in [0.4, 0.5) is 0 Å². The molecular weight excluding hydrogens is 271 g/mol. The molecule has 1 rings (SSSR count). The van der Waals surface area contributed by atoms with Crippen LogP contribution in [0.5, 0.6) is 0 Å². The van der Waals surface area contributed by atoms with Crippen molar-refractivity contribution >= 4 is 29.2 Å². The number of carbonyl (C=O) groups is 1. The van der Waals surface area contributed by atoms with Crippen LogP contribution in [0.2, 0.25) is 10.0 Å². The molecule has 0 saturated carbocycles. The van der Waals surface area contributed by atoms with Crippen LogP contribution in [0.15, 0.2) is 18.2 Å². The van der Waals surface area contributed by atoms with Crippen LogP contribution in [0.3, 0.4) is 0 Å². The third-order valence-electron chi connectivity index (χ3n) is 3.42. The van der Waals surface area contributed by atoms with Crippen LogP contribution in [-0.2, 0) is 10.2 Å². The average molecular weight is 289 g/mol. The minimum Gasteiger partial charge on any atom is -0.481 e. The summed E-state index contributed by atoms with van der Waals surface area (Å²) in [7, 11) is 0. The monoisotopic (exact) mass is 288 g/mol. The average Bonchev–Trinajstić information content (AvgIpc) is 2.32. The fourth-order valence-corrected chi connectivity index (χ4v) is 2.82. The molecule has 1 aromatic rings. The van der Waals surface area contributed by atoms with Gasteiger partial charge in [0.1, 0.15) is 0 Å². The number of carboxylic acid groups (broad SMARTS) is 1. The number of hydrogen-bond acceptors (Lipinski definition) is 1. The number of rotatable bonds is 6. The Morgan fingerprint density at radius 2 is 2.00 bits per heavy atom. The molecule has 18 heavy (non-hydrogen) atoms. The summed E-state index contributed by atoms with van der Waals surface area (Å²) in [5.74, 6) is -0.817. The lowest BCUT2D eigenvalue weighted by molar-refractivity contribution is -0.144. The van der Waals surface area contributed by atoms with E-state index in [1.165, 1.54) is 0 Å². The zero-order valence-corrected chi connectivity index (χ0v) is 12.2. The van der Waals surface area contributed by atoms with Crippen molar-refractivity contribution in [2.24, 2.45) is 0 Å². The van der Waals surface area contributed by atoms with Gasteiger partial charge in [-0.05, 0) is 30.5 Å². The van der Waals surface area contributed by atoms with Gasteiger partial charge in [-0.3, -0.25) is 4.79 Å². The summed E-state index contributed by atoms with van der Waals surface area (Å²) in [5, 5.41) is 10.6. The van der Waals surface area contributed by atoms with E-state index in [1.54, 1.807) is 18.2 Å². The highest BCUT2D eigenvalue weighted by Crippen LogP contribution is 2.39. The van der Waals surface area contributed by atoms with Crippen molar-refractivity contribution in [3.63, 3.8) is 0 Å². The maximum atomic E-state index is 11.7. The molecule has 0 saturated heterocycles. The zero-order chi connectivity index (χ0) is 13.8. The number of hydrogen-bond donors (Lipinski definition) is 1. The number of halogens is 2. The summed E-state index contributed by atoms with van der Waals surface area (Å²) in [4.78, 5) is 11.7. The second-order valence-corrected chi connectivity index (χ2v) is 5.31. The van der Waals surface area contributed by atoms with Gasteiger partial charge in [-0.1, -0.05) is 56.0 Å². The Bertz CT molecular complexity index is 432. The maximum Gasteiger partial charge on any atom is 0.314 e. The van der Waals surface area contributed by atoms with E-state index in [0.29, 0.717) is 28.5 Å². The van der Waals surface area contributed by atoms with E-state index in [2.05, 4.69) is 0 Å². The summed E-state index contributed by atoms with van der Waals surface area (Å²) in [6, 6.07) is 5.04. The standard InChI is InChI=1S/C14H18Cl2O2/c1-3-5-8-14(4-2,13(17)18)11-7-6-10(15)9-12(11)16/h6-7,9H,3-5,8H2,1-2H3,(H,17,18). The molecule has 4 heteroatoms. The summed E-state index contributed by atoms with van der Waals surface area (Å²) < 4.78 is 0. The predicted molar refractivity (Wildman–Crippen MR) is 75.6 cm³/mol. The van der Waals surface area contributed by atoms with E-state index >= 15 is 0 Å². The third kappa shape index (κ3) is 2.99. The van der Waals surface area contributed by atoms with Crippen molar-refractivity contribution in [2.45, 2.75) is 44.9 Å². The van der Waals surface area contributed by atoms with Crippen LogP contribution in [0.25, 0.3) is 0 Å². The van der Waals surface area contributed by atoms with E-state index in [9.17, 15) is 9.90 Å². The molecule has 1 unspecified atom stereocenters. The molecule has 0 bridgehead atoms. The Labute approximate surface area is 118 Å². The number of aliphatic carboxylic acids is 1. The van der Waals surface area contributed by atoms with Crippen LogP contribution in [-0.4, -0.2) is 11.1 Å². The van der Waals surface area contributed by atoms with Crippen molar-refractivity contribution in [1.82, 2.24) is 0 Å². The molecule has 0 aromatic heterocycles. The minimum atomic E-state index is -0.905. The Morgan fingerprint density at radius 1 is 1.33 bits per heavy atom. The second kappa shape index (κ2) is 6.44. The van der Waals surface area contributed by atoms with Crippen molar-refractivity contribution in [1.29, 1.82) is 0 Å². The highest BCUT2D eigenvalue weighted by molar-refractivity contribution is 6.35. The van der Waals surface area contributed by atoms with Crippen molar-refractivity contribution in [3.8, 4) is 0 Å². The van der Waals surface area contributed by atoms with Gasteiger partial charge in [-0.25, -0.2) is 0 Å². The minimum absolute atomic E-state index is 0.433.